The molecule has 0 amide bonds. The number of hydrogen-bond acceptors (Lipinski definition) is 6. The maximum atomic E-state index is 5.86. The molecular weight excluding hydrogens is 316 g/mol. The third kappa shape index (κ3) is 3.04. The molecule has 25 heavy (non-hydrogen) atoms. The summed E-state index contributed by atoms with van der Waals surface area (Å²) in [6.45, 7) is 2.47. The molecule has 1 saturated heterocycles. The molecule has 2 aromatic heterocycles. The van der Waals surface area contributed by atoms with Crippen molar-refractivity contribution < 1.29 is 9.15 Å². The average molecular weight is 336 g/mol. The van der Waals surface area contributed by atoms with Crippen molar-refractivity contribution in [2.75, 3.05) is 24.6 Å². The summed E-state index contributed by atoms with van der Waals surface area (Å²) in [6, 6.07) is 12.6. The van der Waals surface area contributed by atoms with Crippen molar-refractivity contribution in [2.24, 2.45) is 5.92 Å². The van der Waals surface area contributed by atoms with Crippen LogP contribution in [-0.2, 0) is 0 Å². The highest BCUT2D eigenvalue weighted by Gasteiger charge is 2.27. The molecule has 1 unspecified atom stereocenters. The Morgan fingerprint density at radius 1 is 1.08 bits per heavy atom. The van der Waals surface area contributed by atoms with Gasteiger partial charge in [0.2, 0.25) is 5.88 Å². The average Bonchev–Trinajstić information content (AvgIpc) is 3.23. The van der Waals surface area contributed by atoms with E-state index in [0.717, 1.165) is 36.3 Å². The standard InChI is InChI=1S/C19H20N4O2/c1-2-4-17-16(3-1)20-19(25-17)23-10-9-13(11-23)12-24-18-8-7-15(21-22-18)14-5-6-14/h1-4,7-8,13-14H,5-6,9-12H2. The third-order valence-electron chi connectivity index (χ3n) is 4.96. The van der Waals surface area contributed by atoms with Crippen molar-refractivity contribution in [3.05, 3.63) is 42.1 Å². The van der Waals surface area contributed by atoms with Crippen LogP contribution >= 0.6 is 0 Å². The Morgan fingerprint density at radius 3 is 2.80 bits per heavy atom. The van der Waals surface area contributed by atoms with Crippen LogP contribution in [0.5, 0.6) is 5.88 Å². The largest absolute Gasteiger partial charge is 0.476 e. The maximum absolute atomic E-state index is 5.86. The molecule has 0 bridgehead atoms. The van der Waals surface area contributed by atoms with Crippen molar-refractivity contribution in [1.82, 2.24) is 15.2 Å². The number of benzene rings is 1. The summed E-state index contributed by atoms with van der Waals surface area (Å²) >= 11 is 0. The second kappa shape index (κ2) is 6.02. The Morgan fingerprint density at radius 2 is 2.00 bits per heavy atom. The van der Waals surface area contributed by atoms with Gasteiger partial charge < -0.3 is 14.1 Å². The van der Waals surface area contributed by atoms with Gasteiger partial charge in [-0.25, -0.2) is 0 Å². The summed E-state index contributed by atoms with van der Waals surface area (Å²) in [5.74, 6) is 1.69. The van der Waals surface area contributed by atoms with Crippen LogP contribution in [0.3, 0.4) is 0 Å². The van der Waals surface area contributed by atoms with Gasteiger partial charge in [-0.1, -0.05) is 12.1 Å². The van der Waals surface area contributed by atoms with Gasteiger partial charge in [-0.05, 0) is 37.5 Å². The van der Waals surface area contributed by atoms with Crippen molar-refractivity contribution in [3.8, 4) is 5.88 Å². The summed E-state index contributed by atoms with van der Waals surface area (Å²) in [5, 5.41) is 8.45. The number of para-hydroxylation sites is 2. The first-order valence-electron chi connectivity index (χ1n) is 8.92. The molecule has 3 heterocycles. The zero-order valence-corrected chi connectivity index (χ0v) is 14.0. The third-order valence-corrected chi connectivity index (χ3v) is 4.96. The van der Waals surface area contributed by atoms with Crippen LogP contribution in [0.4, 0.5) is 6.01 Å². The summed E-state index contributed by atoms with van der Waals surface area (Å²) in [7, 11) is 0. The second-order valence-electron chi connectivity index (χ2n) is 6.95. The van der Waals surface area contributed by atoms with E-state index in [9.17, 15) is 0 Å². The van der Waals surface area contributed by atoms with Crippen molar-refractivity contribution in [3.63, 3.8) is 0 Å². The number of ether oxygens (including phenoxy) is 1. The minimum Gasteiger partial charge on any atom is -0.476 e. The summed E-state index contributed by atoms with van der Waals surface area (Å²) in [4.78, 5) is 6.77. The van der Waals surface area contributed by atoms with Gasteiger partial charge in [0.15, 0.2) is 5.58 Å². The predicted octanol–water partition coefficient (Wildman–Crippen LogP) is 3.40. The van der Waals surface area contributed by atoms with Gasteiger partial charge in [-0.3, -0.25) is 0 Å². The molecule has 5 rings (SSSR count). The molecule has 1 atom stereocenters. The molecule has 6 nitrogen and oxygen atoms in total. The van der Waals surface area contributed by atoms with Gasteiger partial charge in [0, 0.05) is 31.0 Å². The normalized spacial score (nSPS) is 20.3. The Balaban J connectivity index is 1.19. The summed E-state index contributed by atoms with van der Waals surface area (Å²) in [6.07, 6.45) is 3.54. The first kappa shape index (κ1) is 14.7. The van der Waals surface area contributed by atoms with E-state index in [0.29, 0.717) is 30.3 Å². The van der Waals surface area contributed by atoms with Crippen LogP contribution in [0.25, 0.3) is 11.1 Å². The SMILES string of the molecule is c1ccc2oc(N3CCC(COc4ccc(C5CC5)nn4)C3)nc2c1. The monoisotopic (exact) mass is 336 g/mol. The van der Waals surface area contributed by atoms with Crippen LogP contribution in [0.15, 0.2) is 40.8 Å². The minimum absolute atomic E-state index is 0.444. The Bertz CT molecular complexity index is 840. The molecule has 0 N–H and O–H groups in total. The second-order valence-corrected chi connectivity index (χ2v) is 6.95. The zero-order chi connectivity index (χ0) is 16.6. The van der Waals surface area contributed by atoms with Gasteiger partial charge in [-0.15, -0.1) is 5.10 Å². The summed E-state index contributed by atoms with van der Waals surface area (Å²) < 4.78 is 11.7. The van der Waals surface area contributed by atoms with E-state index in [-0.39, 0.29) is 0 Å². The minimum atomic E-state index is 0.444. The van der Waals surface area contributed by atoms with Gasteiger partial charge in [-0.2, -0.15) is 10.1 Å². The van der Waals surface area contributed by atoms with Gasteiger partial charge in [0.1, 0.15) is 5.52 Å². The highest BCUT2D eigenvalue weighted by molar-refractivity contribution is 5.74. The first-order chi connectivity index (χ1) is 12.3. The topological polar surface area (TPSA) is 64.3 Å². The van der Waals surface area contributed by atoms with E-state index < -0.39 is 0 Å². The molecular formula is C19H20N4O2. The zero-order valence-electron chi connectivity index (χ0n) is 14.0. The number of nitrogens with zero attached hydrogens (tertiary/aromatic N) is 4. The Hall–Kier alpha value is -2.63. The molecule has 1 aliphatic carbocycles. The van der Waals surface area contributed by atoms with Crippen LogP contribution in [-0.4, -0.2) is 34.9 Å². The molecule has 2 fully saturated rings. The van der Waals surface area contributed by atoms with Gasteiger partial charge >= 0.3 is 0 Å². The number of hydrogen-bond donors (Lipinski definition) is 0. The lowest BCUT2D eigenvalue weighted by Crippen LogP contribution is -2.22. The van der Waals surface area contributed by atoms with Crippen LogP contribution in [0.2, 0.25) is 0 Å². The highest BCUT2D eigenvalue weighted by Crippen LogP contribution is 2.38. The van der Waals surface area contributed by atoms with Crippen LogP contribution in [0, 0.1) is 5.92 Å². The van der Waals surface area contributed by atoms with Crippen molar-refractivity contribution >= 4 is 17.1 Å². The van der Waals surface area contributed by atoms with E-state index in [4.69, 9.17) is 9.15 Å². The molecule has 0 radical (unpaired) electrons. The van der Waals surface area contributed by atoms with Gasteiger partial charge in [0.05, 0.1) is 12.3 Å². The molecule has 1 aromatic carbocycles. The molecule has 6 heteroatoms. The quantitative estimate of drug-likeness (QED) is 0.711. The lowest BCUT2D eigenvalue weighted by Gasteiger charge is -2.14. The number of oxazole rings is 1. The van der Waals surface area contributed by atoms with E-state index in [1.165, 1.54) is 12.8 Å². The molecule has 1 saturated carbocycles. The number of aromatic nitrogens is 3. The molecule has 128 valence electrons. The molecule has 0 spiro atoms. The molecule has 2 aliphatic rings. The van der Waals surface area contributed by atoms with E-state index >= 15 is 0 Å². The fourth-order valence-corrected chi connectivity index (χ4v) is 3.35. The molecule has 3 aromatic rings. The molecule has 1 aliphatic heterocycles. The summed E-state index contributed by atoms with van der Waals surface area (Å²) in [5.41, 5.74) is 2.84. The fourth-order valence-electron chi connectivity index (χ4n) is 3.35. The lowest BCUT2D eigenvalue weighted by atomic mass is 10.1. The highest BCUT2D eigenvalue weighted by atomic mass is 16.5. The first-order valence-corrected chi connectivity index (χ1v) is 8.92. The Labute approximate surface area is 145 Å². The lowest BCUT2D eigenvalue weighted by molar-refractivity contribution is 0.249. The van der Waals surface area contributed by atoms with Crippen LogP contribution in [0.1, 0.15) is 30.9 Å². The maximum Gasteiger partial charge on any atom is 0.298 e. The Kier molecular flexibility index (Phi) is 3.54. The van der Waals surface area contributed by atoms with E-state index in [2.05, 4.69) is 20.1 Å². The fraction of sp³-hybridized carbons (Fsp3) is 0.421. The number of fused-ring (bicyclic) bond motifs is 1. The van der Waals surface area contributed by atoms with Crippen LogP contribution < -0.4 is 9.64 Å². The van der Waals surface area contributed by atoms with E-state index in [1.54, 1.807) is 0 Å². The number of rotatable bonds is 5. The van der Waals surface area contributed by atoms with Crippen molar-refractivity contribution in [1.29, 1.82) is 0 Å². The number of anilines is 1. The van der Waals surface area contributed by atoms with Crippen molar-refractivity contribution in [2.45, 2.75) is 25.2 Å². The van der Waals surface area contributed by atoms with E-state index in [1.807, 2.05) is 36.4 Å². The smallest absolute Gasteiger partial charge is 0.298 e. The van der Waals surface area contributed by atoms with Gasteiger partial charge in [0.25, 0.3) is 6.01 Å². The predicted molar refractivity (Wildman–Crippen MR) is 93.8 cm³/mol.